The number of carbonyl (C=O) groups is 1. The molecular weight excluding hydrogens is 150 g/mol. The van der Waals surface area contributed by atoms with E-state index in [0.717, 1.165) is 3.71 Å². The number of thiol groups is 1. The van der Waals surface area contributed by atoms with Gasteiger partial charge in [0.2, 0.25) is 0 Å². The van der Waals surface area contributed by atoms with Gasteiger partial charge in [-0.3, -0.25) is 5.14 Å². The summed E-state index contributed by atoms with van der Waals surface area (Å²) < 4.78 is 0.750. The van der Waals surface area contributed by atoms with Gasteiger partial charge in [-0.2, -0.15) is 9.61 Å². The third-order valence-electron chi connectivity index (χ3n) is 0.357. The SMILES string of the molecule is NOC(=O)N(S)SN. The van der Waals surface area contributed by atoms with E-state index in [-0.39, 0.29) is 0 Å². The van der Waals surface area contributed by atoms with Gasteiger partial charge in [0.05, 0.1) is 12.1 Å². The van der Waals surface area contributed by atoms with E-state index in [0.29, 0.717) is 12.1 Å². The molecule has 0 aromatic carbocycles. The summed E-state index contributed by atoms with van der Waals surface area (Å²) in [6.07, 6.45) is -0.805. The van der Waals surface area contributed by atoms with Gasteiger partial charge in [0.1, 0.15) is 0 Å². The standard InChI is InChI=1S/CH5N3O2S2/c2-6-1(5)4(7)8-3/h7H,2-3H2. The van der Waals surface area contributed by atoms with E-state index in [1.54, 1.807) is 0 Å². The molecule has 0 saturated carbocycles. The molecule has 7 heteroatoms. The van der Waals surface area contributed by atoms with Crippen molar-refractivity contribution >= 4 is 31.0 Å². The van der Waals surface area contributed by atoms with Gasteiger partial charge in [0, 0.05) is 0 Å². The Hall–Kier alpha value is -0.110. The van der Waals surface area contributed by atoms with Gasteiger partial charge in [-0.25, -0.2) is 4.79 Å². The van der Waals surface area contributed by atoms with Crippen molar-refractivity contribution in [1.29, 1.82) is 0 Å². The molecule has 0 aromatic rings. The summed E-state index contributed by atoms with van der Waals surface area (Å²) in [5.74, 6) is 4.44. The van der Waals surface area contributed by atoms with Crippen LogP contribution in [0.15, 0.2) is 0 Å². The van der Waals surface area contributed by atoms with Crippen LogP contribution in [-0.4, -0.2) is 9.80 Å². The molecule has 0 aliphatic heterocycles. The quantitative estimate of drug-likeness (QED) is 0.274. The number of carbonyl (C=O) groups excluding carboxylic acids is 1. The summed E-state index contributed by atoms with van der Waals surface area (Å²) >= 11 is 4.12. The van der Waals surface area contributed by atoms with Gasteiger partial charge in [0.25, 0.3) is 0 Å². The minimum absolute atomic E-state index is 0.600. The number of nitrogens with two attached hydrogens (primary N) is 2. The van der Waals surface area contributed by atoms with Crippen molar-refractivity contribution < 1.29 is 9.63 Å². The molecule has 0 saturated heterocycles. The predicted octanol–water partition coefficient (Wildman–Crippen LogP) is -0.335. The third kappa shape index (κ3) is 2.26. The minimum atomic E-state index is -0.805. The van der Waals surface area contributed by atoms with Crippen LogP contribution in [0.1, 0.15) is 0 Å². The van der Waals surface area contributed by atoms with Gasteiger partial charge in [-0.05, 0) is 12.8 Å². The molecule has 4 N–H and O–H groups in total. The Bertz CT molecular complexity index is 87.4. The first-order chi connectivity index (χ1) is 3.72. The molecule has 0 atom stereocenters. The first-order valence-electron chi connectivity index (χ1n) is 1.49. The van der Waals surface area contributed by atoms with E-state index in [2.05, 4.69) is 23.5 Å². The van der Waals surface area contributed by atoms with Gasteiger partial charge in [-0.15, -0.1) is 0 Å². The predicted molar refractivity (Wildman–Crippen MR) is 33.3 cm³/mol. The zero-order valence-electron chi connectivity index (χ0n) is 3.77. The van der Waals surface area contributed by atoms with Crippen molar-refractivity contribution in [3.05, 3.63) is 0 Å². The lowest BCUT2D eigenvalue weighted by molar-refractivity contribution is 0.144. The van der Waals surface area contributed by atoms with Crippen molar-refractivity contribution in [2.24, 2.45) is 11.0 Å². The molecule has 0 aliphatic rings. The normalized spacial score (nSPS) is 8.38. The molecule has 0 fully saturated rings. The summed E-state index contributed by atoms with van der Waals surface area (Å²) in [7, 11) is 0. The molecule has 1 amide bonds. The fraction of sp³-hybridized carbons (Fsp3) is 0. The smallest absolute Gasteiger partial charge is 0.355 e. The highest BCUT2D eigenvalue weighted by molar-refractivity contribution is 8.04. The molecular formula is CH5N3O2S2. The maximum Gasteiger partial charge on any atom is 0.449 e. The molecule has 48 valence electrons. The van der Waals surface area contributed by atoms with Crippen molar-refractivity contribution in [2.75, 3.05) is 0 Å². The van der Waals surface area contributed by atoms with Crippen molar-refractivity contribution in [1.82, 2.24) is 3.71 Å². The van der Waals surface area contributed by atoms with E-state index in [1.165, 1.54) is 0 Å². The van der Waals surface area contributed by atoms with Crippen LogP contribution in [0.25, 0.3) is 0 Å². The number of hydrogen-bond donors (Lipinski definition) is 3. The monoisotopic (exact) mass is 155 g/mol. The summed E-state index contributed by atoms with van der Waals surface area (Å²) in [5.41, 5.74) is 0. The van der Waals surface area contributed by atoms with Crippen LogP contribution in [-0.2, 0) is 4.84 Å². The summed E-state index contributed by atoms with van der Waals surface area (Å²) in [6, 6.07) is 0. The molecule has 0 aromatic heterocycles. The van der Waals surface area contributed by atoms with E-state index in [4.69, 9.17) is 5.14 Å². The van der Waals surface area contributed by atoms with Gasteiger partial charge in [0.15, 0.2) is 0 Å². The number of rotatable bonds is 1. The summed E-state index contributed by atoms with van der Waals surface area (Å²) in [6.45, 7) is 0. The van der Waals surface area contributed by atoms with Crippen LogP contribution < -0.4 is 11.0 Å². The minimum Gasteiger partial charge on any atom is -0.355 e. The van der Waals surface area contributed by atoms with Crippen LogP contribution in [0.5, 0.6) is 0 Å². The molecule has 0 aliphatic carbocycles. The average molecular weight is 155 g/mol. The lowest BCUT2D eigenvalue weighted by Gasteiger charge is -2.05. The molecule has 0 heterocycles. The lowest BCUT2D eigenvalue weighted by atomic mass is 11.3. The zero-order valence-corrected chi connectivity index (χ0v) is 5.48. The molecule has 5 nitrogen and oxygen atoms in total. The fourth-order valence-electron chi connectivity index (χ4n) is 0.0881. The molecule has 8 heavy (non-hydrogen) atoms. The highest BCUT2D eigenvalue weighted by Gasteiger charge is 2.06. The van der Waals surface area contributed by atoms with E-state index >= 15 is 0 Å². The Morgan fingerprint density at radius 1 is 1.88 bits per heavy atom. The van der Waals surface area contributed by atoms with Crippen LogP contribution >= 0.6 is 24.9 Å². The third-order valence-corrected chi connectivity index (χ3v) is 1.15. The fourth-order valence-corrected chi connectivity index (χ4v) is 0.264. The second-order valence-corrected chi connectivity index (χ2v) is 2.01. The second kappa shape index (κ2) is 3.84. The lowest BCUT2D eigenvalue weighted by Crippen LogP contribution is -2.20. The Kier molecular flexibility index (Phi) is 3.79. The van der Waals surface area contributed by atoms with E-state index in [9.17, 15) is 4.79 Å². The Morgan fingerprint density at radius 3 is 2.50 bits per heavy atom. The first kappa shape index (κ1) is 7.89. The summed E-state index contributed by atoms with van der Waals surface area (Å²) in [5, 5.41) is 4.86. The maximum atomic E-state index is 10.1. The van der Waals surface area contributed by atoms with Crippen LogP contribution in [0.3, 0.4) is 0 Å². The average Bonchev–Trinajstić information content (AvgIpc) is 1.84. The largest absolute Gasteiger partial charge is 0.449 e. The highest BCUT2D eigenvalue weighted by Crippen LogP contribution is 2.04. The van der Waals surface area contributed by atoms with E-state index in [1.807, 2.05) is 0 Å². The van der Waals surface area contributed by atoms with Gasteiger partial charge < -0.3 is 4.84 Å². The van der Waals surface area contributed by atoms with Crippen molar-refractivity contribution in [2.45, 2.75) is 0 Å². The number of amides is 1. The Balaban J connectivity index is 3.46. The van der Waals surface area contributed by atoms with Crippen molar-refractivity contribution in [3.63, 3.8) is 0 Å². The molecule has 0 bridgehead atoms. The Labute approximate surface area is 56.1 Å². The van der Waals surface area contributed by atoms with Crippen molar-refractivity contribution in [3.8, 4) is 0 Å². The number of nitrogens with zero attached hydrogens (tertiary/aromatic N) is 1. The highest BCUT2D eigenvalue weighted by atomic mass is 32.2. The summed E-state index contributed by atoms with van der Waals surface area (Å²) in [4.78, 5) is 13.9. The van der Waals surface area contributed by atoms with Crippen LogP contribution in [0.4, 0.5) is 4.79 Å². The van der Waals surface area contributed by atoms with E-state index < -0.39 is 6.09 Å². The second-order valence-electron chi connectivity index (χ2n) is 0.762. The maximum absolute atomic E-state index is 10.1. The molecule has 0 unspecified atom stereocenters. The Morgan fingerprint density at radius 2 is 2.38 bits per heavy atom. The number of hydrogen-bond acceptors (Lipinski definition) is 6. The van der Waals surface area contributed by atoms with Gasteiger partial charge in [-0.1, -0.05) is 0 Å². The zero-order chi connectivity index (χ0) is 6.57. The van der Waals surface area contributed by atoms with Crippen LogP contribution in [0.2, 0.25) is 0 Å². The molecule has 0 radical (unpaired) electrons. The van der Waals surface area contributed by atoms with Crippen LogP contribution in [0, 0.1) is 0 Å². The molecule has 0 rings (SSSR count). The first-order valence-corrected chi connectivity index (χ1v) is 2.72. The van der Waals surface area contributed by atoms with Gasteiger partial charge >= 0.3 is 6.09 Å². The molecule has 0 spiro atoms. The topological polar surface area (TPSA) is 81.6 Å².